The van der Waals surface area contributed by atoms with Crippen LogP contribution in [0, 0.1) is 11.8 Å². The Morgan fingerprint density at radius 3 is 2.92 bits per heavy atom. The highest BCUT2D eigenvalue weighted by Gasteiger charge is 2.54. The van der Waals surface area contributed by atoms with Crippen LogP contribution in [0.25, 0.3) is 0 Å². The topological polar surface area (TPSA) is 62.9 Å². The Bertz CT molecular complexity index is 603. The molecule has 25 heavy (non-hydrogen) atoms. The van der Waals surface area contributed by atoms with Gasteiger partial charge in [-0.1, -0.05) is 24.3 Å². The van der Waals surface area contributed by atoms with E-state index in [4.69, 9.17) is 10.5 Å². The summed E-state index contributed by atoms with van der Waals surface area (Å²) in [5.74, 6) is 2.85. The number of hydrogen-bond donors (Lipinski definition) is 2. The van der Waals surface area contributed by atoms with Gasteiger partial charge in [0.15, 0.2) is 5.96 Å². The standard InChI is InChI=1S/C19H28N4O.HI/c20-19(21-6-3-7-23-8-10-24-11-9-23)22-13-17-16-12-14-4-1-2-5-15(14)18(16)17;/h1-2,4-5,16-18H,3,6-13H2,(H3,20,21,22);1H. The van der Waals surface area contributed by atoms with Crippen LogP contribution in [0.4, 0.5) is 0 Å². The van der Waals surface area contributed by atoms with E-state index in [9.17, 15) is 0 Å². The van der Waals surface area contributed by atoms with Crippen LogP contribution >= 0.6 is 24.0 Å². The lowest BCUT2D eigenvalue weighted by Crippen LogP contribution is -2.39. The Kier molecular flexibility index (Phi) is 6.57. The van der Waals surface area contributed by atoms with E-state index < -0.39 is 0 Å². The molecule has 1 saturated carbocycles. The second kappa shape index (κ2) is 8.68. The molecule has 3 atom stereocenters. The number of morpholine rings is 1. The molecule has 1 heterocycles. The molecule has 1 aliphatic heterocycles. The van der Waals surface area contributed by atoms with Crippen LogP contribution in [0.15, 0.2) is 29.3 Å². The SMILES string of the molecule is I.NC(=NCC1C2Cc3ccccc3C12)NCCCN1CCOCC1. The van der Waals surface area contributed by atoms with E-state index in [0.29, 0.717) is 11.9 Å². The predicted molar refractivity (Wildman–Crippen MR) is 112 cm³/mol. The zero-order valence-electron chi connectivity index (χ0n) is 14.7. The first-order valence-electron chi connectivity index (χ1n) is 9.24. The first-order valence-corrected chi connectivity index (χ1v) is 9.24. The van der Waals surface area contributed by atoms with Gasteiger partial charge in [0.25, 0.3) is 0 Å². The minimum Gasteiger partial charge on any atom is -0.379 e. The lowest BCUT2D eigenvalue weighted by atomic mass is 10.0. The molecule has 1 saturated heterocycles. The fraction of sp³-hybridized carbons (Fsp3) is 0.632. The van der Waals surface area contributed by atoms with E-state index in [-0.39, 0.29) is 24.0 Å². The van der Waals surface area contributed by atoms with E-state index in [1.807, 2.05) is 0 Å². The van der Waals surface area contributed by atoms with Gasteiger partial charge in [-0.2, -0.15) is 0 Å². The van der Waals surface area contributed by atoms with E-state index in [1.165, 1.54) is 6.42 Å². The molecule has 0 aromatic heterocycles. The number of nitrogens with two attached hydrogens (primary N) is 1. The average Bonchev–Trinajstić information content (AvgIpc) is 3.16. The summed E-state index contributed by atoms with van der Waals surface area (Å²) in [4.78, 5) is 7.02. The number of nitrogens with one attached hydrogen (secondary N) is 1. The lowest BCUT2D eigenvalue weighted by Gasteiger charge is -2.26. The minimum atomic E-state index is 0. The summed E-state index contributed by atoms with van der Waals surface area (Å²) < 4.78 is 5.36. The minimum absolute atomic E-state index is 0. The van der Waals surface area contributed by atoms with Crippen molar-refractivity contribution in [2.75, 3.05) is 45.9 Å². The average molecular weight is 456 g/mol. The Morgan fingerprint density at radius 2 is 2.08 bits per heavy atom. The summed E-state index contributed by atoms with van der Waals surface area (Å²) in [6.07, 6.45) is 2.33. The molecule has 0 bridgehead atoms. The number of fused-ring (bicyclic) bond motifs is 3. The van der Waals surface area contributed by atoms with Crippen molar-refractivity contribution >= 4 is 29.9 Å². The summed E-state index contributed by atoms with van der Waals surface area (Å²) in [5, 5.41) is 3.26. The van der Waals surface area contributed by atoms with Gasteiger partial charge in [-0.25, -0.2) is 0 Å². The van der Waals surface area contributed by atoms with Crippen molar-refractivity contribution in [3.05, 3.63) is 35.4 Å². The second-order valence-electron chi connectivity index (χ2n) is 7.22. The van der Waals surface area contributed by atoms with E-state index in [0.717, 1.165) is 64.2 Å². The van der Waals surface area contributed by atoms with Crippen LogP contribution in [0.2, 0.25) is 0 Å². The molecule has 3 unspecified atom stereocenters. The summed E-state index contributed by atoms with van der Waals surface area (Å²) in [7, 11) is 0. The highest BCUT2D eigenvalue weighted by atomic mass is 127. The first-order chi connectivity index (χ1) is 11.8. The van der Waals surface area contributed by atoms with Gasteiger partial charge in [0.05, 0.1) is 13.2 Å². The van der Waals surface area contributed by atoms with E-state index in [2.05, 4.69) is 39.5 Å². The molecule has 0 spiro atoms. The molecule has 138 valence electrons. The molecule has 4 rings (SSSR count). The first kappa shape index (κ1) is 18.9. The second-order valence-corrected chi connectivity index (χ2v) is 7.22. The smallest absolute Gasteiger partial charge is 0.188 e. The van der Waals surface area contributed by atoms with Crippen LogP contribution in [0.3, 0.4) is 0 Å². The maximum absolute atomic E-state index is 6.02. The van der Waals surface area contributed by atoms with Gasteiger partial charge >= 0.3 is 0 Å². The number of guanidine groups is 1. The van der Waals surface area contributed by atoms with Crippen LogP contribution in [-0.2, 0) is 11.2 Å². The number of rotatable bonds is 6. The molecule has 2 aliphatic carbocycles. The van der Waals surface area contributed by atoms with Crippen molar-refractivity contribution in [3.63, 3.8) is 0 Å². The Balaban J connectivity index is 0.00000182. The van der Waals surface area contributed by atoms with Crippen LogP contribution in [0.5, 0.6) is 0 Å². The zero-order chi connectivity index (χ0) is 16.4. The third kappa shape index (κ3) is 4.46. The van der Waals surface area contributed by atoms with E-state index >= 15 is 0 Å². The van der Waals surface area contributed by atoms with Crippen LogP contribution in [-0.4, -0.2) is 56.8 Å². The molecular formula is C19H29IN4O. The third-order valence-corrected chi connectivity index (χ3v) is 5.73. The number of halogens is 1. The highest BCUT2D eigenvalue weighted by molar-refractivity contribution is 14.0. The number of nitrogens with zero attached hydrogens (tertiary/aromatic N) is 2. The van der Waals surface area contributed by atoms with Gasteiger partial charge in [0.2, 0.25) is 0 Å². The normalized spacial score (nSPS) is 28.0. The molecular weight excluding hydrogens is 427 g/mol. The highest BCUT2D eigenvalue weighted by Crippen LogP contribution is 2.61. The van der Waals surface area contributed by atoms with Crippen molar-refractivity contribution in [2.24, 2.45) is 22.6 Å². The Morgan fingerprint density at radius 1 is 1.28 bits per heavy atom. The fourth-order valence-electron chi connectivity index (χ4n) is 4.34. The zero-order valence-corrected chi connectivity index (χ0v) is 17.0. The van der Waals surface area contributed by atoms with Gasteiger partial charge in [-0.05, 0) is 48.3 Å². The molecule has 0 amide bonds. The van der Waals surface area contributed by atoms with Crippen LogP contribution < -0.4 is 11.1 Å². The van der Waals surface area contributed by atoms with Crippen molar-refractivity contribution in [1.82, 2.24) is 10.2 Å². The van der Waals surface area contributed by atoms with Gasteiger partial charge in [0.1, 0.15) is 0 Å². The summed E-state index contributed by atoms with van der Waals surface area (Å²) in [6, 6.07) is 8.86. The van der Waals surface area contributed by atoms with Gasteiger partial charge < -0.3 is 15.8 Å². The molecule has 1 aromatic carbocycles. The Labute approximate surface area is 167 Å². The molecule has 0 radical (unpaired) electrons. The van der Waals surface area contributed by atoms with Gasteiger partial charge in [-0.15, -0.1) is 24.0 Å². The van der Waals surface area contributed by atoms with Crippen molar-refractivity contribution in [2.45, 2.75) is 18.8 Å². The maximum Gasteiger partial charge on any atom is 0.188 e. The molecule has 3 N–H and O–H groups in total. The number of aliphatic imine (C=N–C) groups is 1. The quantitative estimate of drug-likeness (QED) is 0.297. The summed E-state index contributed by atoms with van der Waals surface area (Å²) >= 11 is 0. The molecule has 5 nitrogen and oxygen atoms in total. The van der Waals surface area contributed by atoms with Crippen LogP contribution in [0.1, 0.15) is 23.5 Å². The predicted octanol–water partition coefficient (Wildman–Crippen LogP) is 1.82. The largest absolute Gasteiger partial charge is 0.379 e. The van der Waals surface area contributed by atoms with E-state index in [1.54, 1.807) is 11.1 Å². The summed E-state index contributed by atoms with van der Waals surface area (Å²) in [5.41, 5.74) is 9.12. The van der Waals surface area contributed by atoms with Gasteiger partial charge in [-0.3, -0.25) is 9.89 Å². The number of hydrogen-bond acceptors (Lipinski definition) is 3. The Hall–Kier alpha value is -0.860. The third-order valence-electron chi connectivity index (χ3n) is 5.73. The number of benzene rings is 1. The van der Waals surface area contributed by atoms with Crippen molar-refractivity contribution < 1.29 is 4.74 Å². The number of ether oxygens (including phenoxy) is 1. The van der Waals surface area contributed by atoms with Crippen molar-refractivity contribution in [1.29, 1.82) is 0 Å². The summed E-state index contributed by atoms with van der Waals surface area (Å²) in [6.45, 7) is 6.70. The maximum atomic E-state index is 6.02. The molecule has 6 heteroatoms. The van der Waals surface area contributed by atoms with Gasteiger partial charge in [0, 0.05) is 26.2 Å². The van der Waals surface area contributed by atoms with Crippen molar-refractivity contribution in [3.8, 4) is 0 Å². The fourth-order valence-corrected chi connectivity index (χ4v) is 4.34. The molecule has 3 aliphatic rings. The lowest BCUT2D eigenvalue weighted by molar-refractivity contribution is 0.0376. The monoisotopic (exact) mass is 456 g/mol. The molecule has 1 aromatic rings. The molecule has 2 fully saturated rings.